The summed E-state index contributed by atoms with van der Waals surface area (Å²) in [6, 6.07) is 0. The molecule has 0 amide bonds. The van der Waals surface area contributed by atoms with E-state index < -0.39 is 6.10 Å². The van der Waals surface area contributed by atoms with Gasteiger partial charge in [0.1, 0.15) is 0 Å². The van der Waals surface area contributed by atoms with E-state index in [1.54, 1.807) is 4.68 Å². The van der Waals surface area contributed by atoms with E-state index in [1.165, 1.54) is 19.3 Å². The van der Waals surface area contributed by atoms with Gasteiger partial charge < -0.3 is 15.9 Å². The summed E-state index contributed by atoms with van der Waals surface area (Å²) < 4.78 is 1.72. The smallest absolute Gasteiger partial charge is 0.0997 e. The van der Waals surface area contributed by atoms with Crippen molar-refractivity contribution in [2.45, 2.75) is 57.2 Å². The Hall–Kier alpha value is -0.980. The van der Waals surface area contributed by atoms with Gasteiger partial charge in [0.15, 0.2) is 0 Å². The first-order valence-electron chi connectivity index (χ1n) is 6.67. The number of aliphatic hydroxyl groups is 2. The number of hydrogen-bond acceptors (Lipinski definition) is 5. The van der Waals surface area contributed by atoms with Crippen LogP contribution in [-0.4, -0.2) is 37.9 Å². The molecule has 0 bridgehead atoms. The normalized spacial score (nSPS) is 19.1. The Morgan fingerprint density at radius 3 is 2.67 bits per heavy atom. The van der Waals surface area contributed by atoms with Gasteiger partial charge in [-0.3, -0.25) is 0 Å². The summed E-state index contributed by atoms with van der Waals surface area (Å²) in [6.45, 7) is 0.401. The fourth-order valence-electron chi connectivity index (χ4n) is 2.72. The van der Waals surface area contributed by atoms with Crippen molar-refractivity contribution in [3.05, 3.63) is 11.4 Å². The third-order valence-electron chi connectivity index (χ3n) is 3.63. The first-order chi connectivity index (χ1) is 8.76. The minimum absolute atomic E-state index is 0.262. The van der Waals surface area contributed by atoms with Gasteiger partial charge in [-0.2, -0.15) is 0 Å². The van der Waals surface area contributed by atoms with Crippen LogP contribution in [0.25, 0.3) is 0 Å². The molecule has 0 spiro atoms. The SMILES string of the molecule is NCc1nnn(CC(O)CO)c1C1CCCCC1. The standard InChI is InChI=1S/C12H22N4O2/c13-6-11-12(9-4-2-1-3-5-9)16(15-14-11)7-10(18)8-17/h9-10,17-18H,1-8,13H2. The van der Waals surface area contributed by atoms with E-state index >= 15 is 0 Å². The quantitative estimate of drug-likeness (QED) is 0.694. The van der Waals surface area contributed by atoms with Crippen molar-refractivity contribution in [1.82, 2.24) is 15.0 Å². The Morgan fingerprint density at radius 1 is 1.33 bits per heavy atom. The molecule has 1 saturated carbocycles. The minimum Gasteiger partial charge on any atom is -0.394 e. The van der Waals surface area contributed by atoms with Crippen LogP contribution in [0, 0.1) is 0 Å². The molecular formula is C12H22N4O2. The van der Waals surface area contributed by atoms with Gasteiger partial charge in [-0.05, 0) is 12.8 Å². The first kappa shape index (κ1) is 13.5. The summed E-state index contributed by atoms with van der Waals surface area (Å²) in [6.07, 6.45) is 5.21. The summed E-state index contributed by atoms with van der Waals surface area (Å²) in [7, 11) is 0. The number of nitrogens with zero attached hydrogens (tertiary/aromatic N) is 3. The number of aromatic nitrogens is 3. The zero-order valence-corrected chi connectivity index (χ0v) is 10.6. The predicted octanol–water partition coefficient (Wildman–Crippen LogP) is 0.138. The van der Waals surface area contributed by atoms with Crippen LogP contribution >= 0.6 is 0 Å². The van der Waals surface area contributed by atoms with Crippen molar-refractivity contribution in [2.24, 2.45) is 5.73 Å². The highest BCUT2D eigenvalue weighted by molar-refractivity contribution is 5.16. The van der Waals surface area contributed by atoms with E-state index in [0.29, 0.717) is 12.5 Å². The molecule has 0 aliphatic heterocycles. The van der Waals surface area contributed by atoms with Gasteiger partial charge in [0, 0.05) is 12.5 Å². The van der Waals surface area contributed by atoms with Crippen LogP contribution in [0.4, 0.5) is 0 Å². The van der Waals surface area contributed by atoms with Crippen LogP contribution in [-0.2, 0) is 13.1 Å². The lowest BCUT2D eigenvalue weighted by atomic mass is 9.86. The van der Waals surface area contributed by atoms with E-state index in [2.05, 4.69) is 10.3 Å². The van der Waals surface area contributed by atoms with Gasteiger partial charge in [0.05, 0.1) is 30.6 Å². The molecule has 1 fully saturated rings. The predicted molar refractivity (Wildman–Crippen MR) is 66.8 cm³/mol. The lowest BCUT2D eigenvalue weighted by Gasteiger charge is -2.23. The molecule has 1 aliphatic rings. The molecule has 1 aliphatic carbocycles. The van der Waals surface area contributed by atoms with Gasteiger partial charge in [0.2, 0.25) is 0 Å². The molecular weight excluding hydrogens is 232 g/mol. The van der Waals surface area contributed by atoms with Crippen molar-refractivity contribution in [3.8, 4) is 0 Å². The molecule has 1 aromatic heterocycles. The second-order valence-corrected chi connectivity index (χ2v) is 4.98. The third kappa shape index (κ3) is 2.88. The highest BCUT2D eigenvalue weighted by atomic mass is 16.3. The van der Waals surface area contributed by atoms with Crippen LogP contribution < -0.4 is 5.73 Å². The molecule has 1 unspecified atom stereocenters. The summed E-state index contributed by atoms with van der Waals surface area (Å²) >= 11 is 0. The number of hydrogen-bond donors (Lipinski definition) is 3. The zero-order chi connectivity index (χ0) is 13.0. The van der Waals surface area contributed by atoms with Crippen LogP contribution in [0.1, 0.15) is 49.4 Å². The minimum atomic E-state index is -0.792. The second kappa shape index (κ2) is 6.26. The van der Waals surface area contributed by atoms with Gasteiger partial charge >= 0.3 is 0 Å². The Bertz CT molecular complexity index is 374. The maximum Gasteiger partial charge on any atom is 0.0997 e. The van der Waals surface area contributed by atoms with Crippen LogP contribution in [0.15, 0.2) is 0 Å². The Balaban J connectivity index is 2.20. The van der Waals surface area contributed by atoms with Crippen LogP contribution in [0.3, 0.4) is 0 Å². The summed E-state index contributed by atoms with van der Waals surface area (Å²) in [5.41, 5.74) is 7.59. The van der Waals surface area contributed by atoms with E-state index in [1.807, 2.05) is 0 Å². The Morgan fingerprint density at radius 2 is 2.06 bits per heavy atom. The number of aliphatic hydroxyl groups excluding tert-OH is 2. The summed E-state index contributed by atoms with van der Waals surface area (Å²) in [5, 5.41) is 26.6. The molecule has 1 atom stereocenters. The second-order valence-electron chi connectivity index (χ2n) is 4.98. The molecule has 1 heterocycles. The molecule has 1 aromatic rings. The monoisotopic (exact) mass is 254 g/mol. The fourth-order valence-corrected chi connectivity index (χ4v) is 2.72. The van der Waals surface area contributed by atoms with Crippen molar-refractivity contribution < 1.29 is 10.2 Å². The van der Waals surface area contributed by atoms with Crippen LogP contribution in [0.5, 0.6) is 0 Å². The van der Waals surface area contributed by atoms with Crippen LogP contribution in [0.2, 0.25) is 0 Å². The Kier molecular flexibility index (Phi) is 4.68. The molecule has 0 saturated heterocycles. The third-order valence-corrected chi connectivity index (χ3v) is 3.63. The fraction of sp³-hybridized carbons (Fsp3) is 0.833. The van der Waals surface area contributed by atoms with E-state index in [-0.39, 0.29) is 13.2 Å². The maximum atomic E-state index is 9.55. The highest BCUT2D eigenvalue weighted by Gasteiger charge is 2.24. The van der Waals surface area contributed by atoms with Gasteiger partial charge in [0.25, 0.3) is 0 Å². The highest BCUT2D eigenvalue weighted by Crippen LogP contribution is 2.33. The maximum absolute atomic E-state index is 9.55. The topological polar surface area (TPSA) is 97.2 Å². The number of rotatable bonds is 5. The molecule has 6 nitrogen and oxygen atoms in total. The van der Waals surface area contributed by atoms with Gasteiger partial charge in [-0.15, -0.1) is 5.10 Å². The molecule has 18 heavy (non-hydrogen) atoms. The zero-order valence-electron chi connectivity index (χ0n) is 10.6. The molecule has 102 valence electrons. The van der Waals surface area contributed by atoms with E-state index in [4.69, 9.17) is 10.8 Å². The summed E-state index contributed by atoms with van der Waals surface area (Å²) in [5.74, 6) is 0.443. The van der Waals surface area contributed by atoms with Gasteiger partial charge in [-0.1, -0.05) is 24.5 Å². The molecule has 0 aromatic carbocycles. The van der Waals surface area contributed by atoms with Crippen molar-refractivity contribution in [1.29, 1.82) is 0 Å². The molecule has 6 heteroatoms. The van der Waals surface area contributed by atoms with E-state index in [9.17, 15) is 5.11 Å². The molecule has 2 rings (SSSR count). The lowest BCUT2D eigenvalue weighted by molar-refractivity contribution is 0.0765. The van der Waals surface area contributed by atoms with E-state index in [0.717, 1.165) is 24.2 Å². The number of nitrogens with two attached hydrogens (primary N) is 1. The average Bonchev–Trinajstić information content (AvgIpc) is 2.82. The first-order valence-corrected chi connectivity index (χ1v) is 6.67. The van der Waals surface area contributed by atoms with Gasteiger partial charge in [-0.25, -0.2) is 4.68 Å². The Labute approximate surface area is 107 Å². The lowest BCUT2D eigenvalue weighted by Crippen LogP contribution is -2.24. The summed E-state index contributed by atoms with van der Waals surface area (Å²) in [4.78, 5) is 0. The van der Waals surface area contributed by atoms with Crippen molar-refractivity contribution in [2.75, 3.05) is 6.61 Å². The molecule has 0 radical (unpaired) electrons. The van der Waals surface area contributed by atoms with Crippen molar-refractivity contribution in [3.63, 3.8) is 0 Å². The van der Waals surface area contributed by atoms with Crippen molar-refractivity contribution >= 4 is 0 Å². The largest absolute Gasteiger partial charge is 0.394 e. The average molecular weight is 254 g/mol. The molecule has 4 N–H and O–H groups in total.